The van der Waals surface area contributed by atoms with E-state index in [1.807, 2.05) is 36.4 Å². The zero-order valence-electron chi connectivity index (χ0n) is 17.0. The largest absolute Gasteiger partial charge is 0.340 e. The standard InChI is InChI=1S/C23H26N4O2/c1-3-4-14-25(2)22(28)20-19-13-7-8-15-26(19)21(24-20)23(29)27-16-9-11-17-10-5-6-12-18(17)27/h5-8,10,12-13,15H,3-4,9,11,14,16H2,1-2H3. The van der Waals surface area contributed by atoms with Gasteiger partial charge in [0.25, 0.3) is 11.8 Å². The van der Waals surface area contributed by atoms with Crippen molar-refractivity contribution < 1.29 is 9.59 Å². The highest BCUT2D eigenvalue weighted by atomic mass is 16.2. The highest BCUT2D eigenvalue weighted by Gasteiger charge is 2.29. The van der Waals surface area contributed by atoms with Crippen LogP contribution in [-0.4, -0.2) is 46.2 Å². The summed E-state index contributed by atoms with van der Waals surface area (Å²) in [6.45, 7) is 3.42. The van der Waals surface area contributed by atoms with Gasteiger partial charge in [0.05, 0.1) is 5.52 Å². The molecule has 150 valence electrons. The third-order valence-electron chi connectivity index (χ3n) is 5.49. The first-order chi connectivity index (χ1) is 14.1. The Balaban J connectivity index is 1.74. The van der Waals surface area contributed by atoms with Gasteiger partial charge < -0.3 is 9.80 Å². The number of anilines is 1. The first-order valence-electron chi connectivity index (χ1n) is 10.2. The molecule has 2 aromatic heterocycles. The highest BCUT2D eigenvalue weighted by Crippen LogP contribution is 2.28. The summed E-state index contributed by atoms with van der Waals surface area (Å²) in [5.41, 5.74) is 3.10. The van der Waals surface area contributed by atoms with Gasteiger partial charge in [0.2, 0.25) is 5.82 Å². The van der Waals surface area contributed by atoms with Gasteiger partial charge in [-0.3, -0.25) is 14.0 Å². The first-order valence-corrected chi connectivity index (χ1v) is 10.2. The van der Waals surface area contributed by atoms with Crippen LogP contribution in [0.4, 0.5) is 5.69 Å². The van der Waals surface area contributed by atoms with Crippen LogP contribution in [0, 0.1) is 0 Å². The second-order valence-electron chi connectivity index (χ2n) is 7.51. The van der Waals surface area contributed by atoms with Crippen LogP contribution in [0.25, 0.3) is 5.52 Å². The van der Waals surface area contributed by atoms with Gasteiger partial charge in [-0.2, -0.15) is 0 Å². The van der Waals surface area contributed by atoms with E-state index in [-0.39, 0.29) is 17.6 Å². The Kier molecular flexibility index (Phi) is 5.34. The van der Waals surface area contributed by atoms with Crippen LogP contribution >= 0.6 is 0 Å². The molecule has 6 nitrogen and oxygen atoms in total. The molecule has 0 radical (unpaired) electrons. The van der Waals surface area contributed by atoms with Crippen LogP contribution < -0.4 is 4.90 Å². The van der Waals surface area contributed by atoms with Crippen molar-refractivity contribution in [1.82, 2.24) is 14.3 Å². The van der Waals surface area contributed by atoms with Crippen LogP contribution in [0.2, 0.25) is 0 Å². The second kappa shape index (κ2) is 8.07. The monoisotopic (exact) mass is 390 g/mol. The van der Waals surface area contributed by atoms with E-state index < -0.39 is 0 Å². The molecular weight excluding hydrogens is 364 g/mol. The topological polar surface area (TPSA) is 57.9 Å². The van der Waals surface area contributed by atoms with Gasteiger partial charge in [-0.15, -0.1) is 0 Å². The number of aromatic nitrogens is 2. The Morgan fingerprint density at radius 3 is 2.76 bits per heavy atom. The van der Waals surface area contributed by atoms with Crippen molar-refractivity contribution in [3.05, 3.63) is 65.7 Å². The number of benzene rings is 1. The number of hydrogen-bond donors (Lipinski definition) is 0. The SMILES string of the molecule is CCCCN(C)C(=O)c1nc(C(=O)N2CCCc3ccccc32)n2ccccc12. The molecule has 0 aliphatic carbocycles. The molecule has 29 heavy (non-hydrogen) atoms. The number of hydrogen-bond acceptors (Lipinski definition) is 3. The van der Waals surface area contributed by atoms with E-state index in [0.29, 0.717) is 24.3 Å². The number of carbonyl (C=O) groups is 2. The van der Waals surface area contributed by atoms with Crippen molar-refractivity contribution in [2.24, 2.45) is 0 Å². The number of carbonyl (C=O) groups excluding carboxylic acids is 2. The zero-order valence-corrected chi connectivity index (χ0v) is 17.0. The number of fused-ring (bicyclic) bond motifs is 2. The number of aryl methyl sites for hydroxylation is 1. The van der Waals surface area contributed by atoms with E-state index in [2.05, 4.69) is 18.0 Å². The third-order valence-corrected chi connectivity index (χ3v) is 5.49. The molecule has 6 heteroatoms. The van der Waals surface area contributed by atoms with E-state index >= 15 is 0 Å². The number of unbranched alkanes of at least 4 members (excludes halogenated alkanes) is 1. The Labute approximate surface area is 170 Å². The predicted octanol–water partition coefficient (Wildman–Crippen LogP) is 3.80. The second-order valence-corrected chi connectivity index (χ2v) is 7.51. The minimum absolute atomic E-state index is 0.153. The fourth-order valence-corrected chi connectivity index (χ4v) is 3.89. The van der Waals surface area contributed by atoms with Crippen molar-refractivity contribution in [1.29, 1.82) is 0 Å². The number of pyridine rings is 1. The maximum absolute atomic E-state index is 13.5. The Morgan fingerprint density at radius 1 is 1.14 bits per heavy atom. The van der Waals surface area contributed by atoms with Crippen LogP contribution in [-0.2, 0) is 6.42 Å². The number of para-hydroxylation sites is 1. The number of imidazole rings is 1. The molecule has 0 spiro atoms. The average Bonchev–Trinajstić information content (AvgIpc) is 3.15. The molecule has 0 atom stereocenters. The van der Waals surface area contributed by atoms with Crippen LogP contribution in [0.5, 0.6) is 0 Å². The maximum atomic E-state index is 13.5. The van der Waals surface area contributed by atoms with Gasteiger partial charge in [-0.25, -0.2) is 4.98 Å². The van der Waals surface area contributed by atoms with E-state index in [4.69, 9.17) is 0 Å². The molecule has 0 bridgehead atoms. The summed E-state index contributed by atoms with van der Waals surface area (Å²) >= 11 is 0. The van der Waals surface area contributed by atoms with Crippen molar-refractivity contribution in [3.63, 3.8) is 0 Å². The summed E-state index contributed by atoms with van der Waals surface area (Å²) in [4.78, 5) is 34.5. The fraction of sp³-hybridized carbons (Fsp3) is 0.348. The summed E-state index contributed by atoms with van der Waals surface area (Å²) in [6, 6.07) is 13.6. The molecule has 0 saturated heterocycles. The van der Waals surface area contributed by atoms with Crippen molar-refractivity contribution in [2.75, 3.05) is 25.0 Å². The van der Waals surface area contributed by atoms with Crippen molar-refractivity contribution in [2.45, 2.75) is 32.6 Å². The first kappa shape index (κ1) is 19.2. The highest BCUT2D eigenvalue weighted by molar-refractivity contribution is 6.07. The molecule has 4 rings (SSSR count). The molecular formula is C23H26N4O2. The zero-order chi connectivity index (χ0) is 20.4. The summed E-state index contributed by atoms with van der Waals surface area (Å²) in [7, 11) is 1.79. The summed E-state index contributed by atoms with van der Waals surface area (Å²) in [6.07, 6.45) is 5.63. The lowest BCUT2D eigenvalue weighted by Gasteiger charge is -2.28. The van der Waals surface area contributed by atoms with Gasteiger partial charge in [-0.1, -0.05) is 37.6 Å². The lowest BCUT2D eigenvalue weighted by molar-refractivity contribution is 0.0790. The molecule has 0 saturated carbocycles. The van der Waals surface area contributed by atoms with Crippen LogP contribution in [0.3, 0.4) is 0 Å². The number of rotatable bonds is 5. The van der Waals surface area contributed by atoms with Gasteiger partial charge in [0, 0.05) is 32.0 Å². The number of amides is 2. The Bertz CT molecular complexity index is 1060. The van der Waals surface area contributed by atoms with Crippen molar-refractivity contribution >= 4 is 23.0 Å². The van der Waals surface area contributed by atoms with Gasteiger partial charge in [-0.05, 0) is 43.0 Å². The quantitative estimate of drug-likeness (QED) is 0.666. The summed E-state index contributed by atoms with van der Waals surface area (Å²) in [5.74, 6) is -0.0431. The third kappa shape index (κ3) is 3.50. The molecule has 3 heterocycles. The molecule has 0 N–H and O–H groups in total. The molecule has 1 aliphatic rings. The van der Waals surface area contributed by atoms with Gasteiger partial charge >= 0.3 is 0 Å². The van der Waals surface area contributed by atoms with E-state index in [1.54, 1.807) is 27.4 Å². The van der Waals surface area contributed by atoms with Crippen molar-refractivity contribution in [3.8, 4) is 0 Å². The van der Waals surface area contributed by atoms with E-state index in [0.717, 1.165) is 31.4 Å². The lowest BCUT2D eigenvalue weighted by atomic mass is 10.0. The van der Waals surface area contributed by atoms with E-state index in [1.165, 1.54) is 5.56 Å². The summed E-state index contributed by atoms with van der Waals surface area (Å²) in [5, 5.41) is 0. The lowest BCUT2D eigenvalue weighted by Crippen LogP contribution is -2.36. The van der Waals surface area contributed by atoms with Gasteiger partial charge in [0.15, 0.2) is 5.69 Å². The number of nitrogens with zero attached hydrogens (tertiary/aromatic N) is 4. The predicted molar refractivity (Wildman–Crippen MR) is 114 cm³/mol. The molecule has 0 fully saturated rings. The Morgan fingerprint density at radius 2 is 1.93 bits per heavy atom. The Hall–Kier alpha value is -3.15. The molecule has 1 aromatic carbocycles. The average molecular weight is 390 g/mol. The fourth-order valence-electron chi connectivity index (χ4n) is 3.89. The summed E-state index contributed by atoms with van der Waals surface area (Å²) < 4.78 is 1.74. The normalized spacial score (nSPS) is 13.4. The molecule has 0 unspecified atom stereocenters. The smallest absolute Gasteiger partial charge is 0.294 e. The molecule has 3 aromatic rings. The van der Waals surface area contributed by atoms with Crippen LogP contribution in [0.15, 0.2) is 48.7 Å². The minimum atomic E-state index is -0.173. The molecule has 1 aliphatic heterocycles. The molecule has 2 amide bonds. The van der Waals surface area contributed by atoms with Gasteiger partial charge in [0.1, 0.15) is 0 Å². The van der Waals surface area contributed by atoms with Crippen LogP contribution in [0.1, 0.15) is 52.9 Å². The van der Waals surface area contributed by atoms with E-state index in [9.17, 15) is 9.59 Å². The maximum Gasteiger partial charge on any atom is 0.294 e. The minimum Gasteiger partial charge on any atom is -0.340 e.